The molecule has 0 spiro atoms. The molecule has 0 saturated heterocycles. The zero-order valence-corrected chi connectivity index (χ0v) is 6.29. The van der Waals surface area contributed by atoms with Gasteiger partial charge in [0.2, 0.25) is 0 Å². The zero-order chi connectivity index (χ0) is 0. The van der Waals surface area contributed by atoms with Crippen molar-refractivity contribution in [3.05, 3.63) is 0 Å². The average molecular weight is 128 g/mol. The molecular weight excluding hydrogens is 115 g/mol. The van der Waals surface area contributed by atoms with Crippen LogP contribution in [0.2, 0.25) is 0 Å². The minimum atomic E-state index is 0. The normalized spacial score (nSPS) is 0. The quantitative estimate of drug-likeness (QED) is 0.314. The molecule has 0 unspecified atom stereocenters. The Balaban J connectivity index is 0. The predicted octanol–water partition coefficient (Wildman–Crippen LogP) is -0.875. The zero-order valence-electron chi connectivity index (χ0n) is 5.14. The molecule has 0 heterocycles. The van der Waals surface area contributed by atoms with E-state index >= 15 is 0 Å². The molecular formula is H12AlB3N4. The van der Waals surface area contributed by atoms with Gasteiger partial charge in [-0.2, -0.15) is 0 Å². The van der Waals surface area contributed by atoms with Crippen molar-refractivity contribution in [3.63, 3.8) is 0 Å². The third-order valence-corrected chi connectivity index (χ3v) is 0. The van der Waals surface area contributed by atoms with Crippen molar-refractivity contribution >= 4 is 42.6 Å². The molecule has 0 fully saturated rings. The van der Waals surface area contributed by atoms with Gasteiger partial charge in [0.05, 0.1) is 0 Å². The summed E-state index contributed by atoms with van der Waals surface area (Å²) in [7, 11) is 0. The molecule has 8 heteroatoms. The van der Waals surface area contributed by atoms with Crippen molar-refractivity contribution in [1.29, 1.82) is 0 Å². The van der Waals surface area contributed by atoms with Crippen molar-refractivity contribution in [3.8, 4) is 0 Å². The Hall–Kier alpha value is 0.567. The van der Waals surface area contributed by atoms with E-state index in [0.29, 0.717) is 0 Å². The second-order valence-electron chi connectivity index (χ2n) is 0. The Labute approximate surface area is 67.8 Å². The fourth-order valence-corrected chi connectivity index (χ4v) is 0. The molecule has 0 saturated carbocycles. The number of hydrogen-bond donors (Lipinski definition) is 4. The van der Waals surface area contributed by atoms with Crippen LogP contribution in [0.15, 0.2) is 0 Å². The molecule has 0 aromatic rings. The average Bonchev–Trinajstić information content (AvgIpc) is 0. The first-order valence-electron chi connectivity index (χ1n) is 0. The van der Waals surface area contributed by atoms with Gasteiger partial charge in [0.25, 0.3) is 0 Å². The fraction of sp³-hybridized carbons (Fsp3) is 0. The van der Waals surface area contributed by atoms with Gasteiger partial charge in [-0.25, -0.2) is 0 Å². The van der Waals surface area contributed by atoms with Gasteiger partial charge >= 0.3 is 17.4 Å². The Kier molecular flexibility index (Phi) is 193000. The molecule has 0 aliphatic rings. The fourth-order valence-electron chi connectivity index (χ4n) is 0. The van der Waals surface area contributed by atoms with Gasteiger partial charge in [0.1, 0.15) is 0 Å². The molecule has 44 valence electrons. The molecule has 12 N–H and O–H groups in total. The summed E-state index contributed by atoms with van der Waals surface area (Å²) >= 11 is 0. The van der Waals surface area contributed by atoms with Gasteiger partial charge in [-0.05, 0) is 0 Å². The summed E-state index contributed by atoms with van der Waals surface area (Å²) in [6.45, 7) is 0. The maximum absolute atomic E-state index is 0. The van der Waals surface area contributed by atoms with Crippen LogP contribution in [0.25, 0.3) is 0 Å². The number of rotatable bonds is 0. The molecule has 8 heavy (non-hydrogen) atoms. The maximum atomic E-state index is 0. The summed E-state index contributed by atoms with van der Waals surface area (Å²) in [4.78, 5) is 0. The molecule has 4 nitrogen and oxygen atoms in total. The summed E-state index contributed by atoms with van der Waals surface area (Å²) in [5.74, 6) is 0. The van der Waals surface area contributed by atoms with E-state index in [2.05, 4.69) is 0 Å². The molecule has 0 bridgehead atoms. The minimum Gasteiger partial charge on any atom is -1.00 e. The van der Waals surface area contributed by atoms with Gasteiger partial charge in [-0.3, -0.25) is 0 Å². The Morgan fingerprint density at radius 2 is 0.375 bits per heavy atom. The first-order chi connectivity index (χ1) is 0. The van der Waals surface area contributed by atoms with Gasteiger partial charge in [-0.1, -0.05) is 0 Å². The molecule has 0 aliphatic carbocycles. The molecule has 0 aliphatic heterocycles. The van der Waals surface area contributed by atoms with Crippen LogP contribution in [0.5, 0.6) is 0 Å². The van der Waals surface area contributed by atoms with Crippen molar-refractivity contribution in [2.24, 2.45) is 0 Å². The van der Waals surface area contributed by atoms with E-state index in [4.69, 9.17) is 0 Å². The van der Waals surface area contributed by atoms with E-state index in [1.807, 2.05) is 0 Å². The summed E-state index contributed by atoms with van der Waals surface area (Å²) in [5.41, 5.74) is 0. The second kappa shape index (κ2) is 1010. The van der Waals surface area contributed by atoms with Crippen LogP contribution in [0, 0.1) is 0 Å². The molecule has 0 amide bonds. The third kappa shape index (κ3) is 633. The SMILES string of the molecule is N.N.N.N.[Al+3].[B-].[B-].[B-]. The molecule has 12 radical (unpaired) electrons. The maximum Gasteiger partial charge on any atom is 3.00 e. The van der Waals surface area contributed by atoms with Crippen LogP contribution in [-0.2, 0) is 0 Å². The largest absolute Gasteiger partial charge is 3.00 e. The van der Waals surface area contributed by atoms with Crippen LogP contribution in [0.1, 0.15) is 0 Å². The summed E-state index contributed by atoms with van der Waals surface area (Å²) < 4.78 is 0. The molecule has 0 rings (SSSR count). The predicted molar refractivity (Wildman–Crippen MR) is 43.1 cm³/mol. The molecule has 0 aromatic heterocycles. The van der Waals surface area contributed by atoms with Gasteiger partial charge < -0.3 is 49.8 Å². The van der Waals surface area contributed by atoms with Crippen LogP contribution in [0.4, 0.5) is 0 Å². The third-order valence-electron chi connectivity index (χ3n) is 0. The summed E-state index contributed by atoms with van der Waals surface area (Å²) in [6.07, 6.45) is 0. The van der Waals surface area contributed by atoms with Crippen molar-refractivity contribution in [2.75, 3.05) is 0 Å². The minimum absolute atomic E-state index is 0. The second-order valence-corrected chi connectivity index (χ2v) is 0. The Bertz CT molecular complexity index is 11.2. The smallest absolute Gasteiger partial charge is 1.00 e. The Morgan fingerprint density at radius 1 is 0.375 bits per heavy atom. The van der Waals surface area contributed by atoms with Crippen LogP contribution in [-0.4, -0.2) is 42.6 Å². The van der Waals surface area contributed by atoms with Gasteiger partial charge in [0, 0.05) is 0 Å². The topological polar surface area (TPSA) is 140 Å². The van der Waals surface area contributed by atoms with Crippen LogP contribution in [0.3, 0.4) is 0 Å². The van der Waals surface area contributed by atoms with Crippen LogP contribution < -0.4 is 24.6 Å². The standard InChI is InChI=1S/Al.3B.4H3N/h;;;;4*1H3/q+3;3*-1;;;;. The van der Waals surface area contributed by atoms with E-state index in [0.717, 1.165) is 0 Å². The van der Waals surface area contributed by atoms with Crippen molar-refractivity contribution in [2.45, 2.75) is 0 Å². The van der Waals surface area contributed by atoms with E-state index in [1.165, 1.54) is 0 Å². The van der Waals surface area contributed by atoms with Gasteiger partial charge in [0.15, 0.2) is 0 Å². The van der Waals surface area contributed by atoms with E-state index in [-0.39, 0.29) is 67.2 Å². The van der Waals surface area contributed by atoms with E-state index in [1.54, 1.807) is 0 Å². The van der Waals surface area contributed by atoms with Crippen molar-refractivity contribution < 1.29 is 0 Å². The Morgan fingerprint density at radius 3 is 0.375 bits per heavy atom. The summed E-state index contributed by atoms with van der Waals surface area (Å²) in [6, 6.07) is 0. The first kappa shape index (κ1) is 1520. The number of hydrogen-bond acceptors (Lipinski definition) is 4. The van der Waals surface area contributed by atoms with E-state index < -0.39 is 0 Å². The van der Waals surface area contributed by atoms with E-state index in [9.17, 15) is 0 Å². The van der Waals surface area contributed by atoms with Gasteiger partial charge in [-0.15, -0.1) is 0 Å². The first-order valence-corrected chi connectivity index (χ1v) is 0. The monoisotopic (exact) mass is 128 g/mol. The molecule has 0 aromatic carbocycles. The van der Waals surface area contributed by atoms with Crippen molar-refractivity contribution in [1.82, 2.24) is 24.6 Å². The summed E-state index contributed by atoms with van der Waals surface area (Å²) in [5, 5.41) is 0. The van der Waals surface area contributed by atoms with Crippen LogP contribution >= 0.6 is 0 Å². The molecule has 0 atom stereocenters.